The molecular weight excluding hydrogens is 791 g/mol. The van der Waals surface area contributed by atoms with Gasteiger partial charge in [-0.3, -0.25) is 4.57 Å². The Balaban J connectivity index is 0.954. The minimum atomic E-state index is 0.578. The van der Waals surface area contributed by atoms with Crippen LogP contribution in [0.4, 0.5) is 0 Å². The molecule has 0 saturated heterocycles. The minimum absolute atomic E-state index is 0.578. The first-order valence-corrected chi connectivity index (χ1v) is 22.2. The average molecular weight is 828 g/mol. The normalized spacial score (nSPS) is 12.2. The summed E-state index contributed by atoms with van der Waals surface area (Å²) in [5.41, 5.74) is 15.4. The third kappa shape index (κ3) is 5.42. The number of aromatic nitrogens is 5. The molecule has 0 saturated carbocycles. The average Bonchev–Trinajstić information content (AvgIpc) is 4.03. The maximum atomic E-state index is 5.34. The maximum absolute atomic E-state index is 5.34. The molecule has 0 aliphatic heterocycles. The molecule has 0 spiro atoms. The molecule has 13 aromatic rings. The van der Waals surface area contributed by atoms with Crippen molar-refractivity contribution in [1.29, 1.82) is 0 Å². The first-order valence-electron chi connectivity index (χ1n) is 22.2. The molecule has 0 bridgehead atoms. The van der Waals surface area contributed by atoms with Gasteiger partial charge in [-0.1, -0.05) is 170 Å². The van der Waals surface area contributed by atoms with Crippen LogP contribution in [0.1, 0.15) is 11.1 Å². The van der Waals surface area contributed by atoms with Crippen LogP contribution >= 0.6 is 0 Å². The molecule has 10 aromatic carbocycles. The molecule has 0 radical (unpaired) electrons. The number of hydrogen-bond donors (Lipinski definition) is 0. The Labute approximate surface area is 374 Å². The molecule has 0 fully saturated rings. The highest BCUT2D eigenvalue weighted by molar-refractivity contribution is 6.13. The summed E-state index contributed by atoms with van der Waals surface area (Å²) in [6.07, 6.45) is 0.931. The molecular formula is C60H37N5. The van der Waals surface area contributed by atoms with Gasteiger partial charge in [0.1, 0.15) is 0 Å². The van der Waals surface area contributed by atoms with Crippen LogP contribution in [-0.2, 0) is 6.42 Å². The second-order valence-corrected chi connectivity index (χ2v) is 17.1. The fourth-order valence-electron chi connectivity index (χ4n) is 10.7. The fourth-order valence-corrected chi connectivity index (χ4v) is 10.7. The molecule has 0 amide bonds. The Morgan fingerprint density at radius 3 is 1.43 bits per heavy atom. The Morgan fingerprint density at radius 1 is 0.323 bits per heavy atom. The van der Waals surface area contributed by atoms with Gasteiger partial charge >= 0.3 is 0 Å². The van der Waals surface area contributed by atoms with E-state index in [-0.39, 0.29) is 0 Å². The van der Waals surface area contributed by atoms with Gasteiger partial charge in [-0.15, -0.1) is 0 Å². The van der Waals surface area contributed by atoms with Gasteiger partial charge in [0, 0.05) is 39.1 Å². The van der Waals surface area contributed by atoms with Gasteiger partial charge in [0.2, 0.25) is 5.95 Å². The van der Waals surface area contributed by atoms with Crippen LogP contribution in [0.2, 0.25) is 0 Å². The second-order valence-electron chi connectivity index (χ2n) is 17.1. The van der Waals surface area contributed by atoms with E-state index in [1.54, 1.807) is 0 Å². The quantitative estimate of drug-likeness (QED) is 0.174. The number of nitrogens with zero attached hydrogens (tertiary/aromatic N) is 5. The zero-order valence-corrected chi connectivity index (χ0v) is 35.2. The lowest BCUT2D eigenvalue weighted by Gasteiger charge is -2.13. The van der Waals surface area contributed by atoms with Crippen molar-refractivity contribution in [2.45, 2.75) is 6.42 Å². The Kier molecular flexibility index (Phi) is 7.68. The van der Waals surface area contributed by atoms with Gasteiger partial charge in [0.05, 0.1) is 27.8 Å². The Bertz CT molecular complexity index is 4010. The number of rotatable bonds is 5. The lowest BCUT2D eigenvalue weighted by Crippen LogP contribution is -2.06. The molecule has 3 heterocycles. The lowest BCUT2D eigenvalue weighted by molar-refractivity contribution is 0.955. The SMILES string of the molecule is c1ccc2c(c1)Cc1c-2cccc1-n1c2ccccc2c2cc(-c3ccc4c(c3)c3ccccc3n4-c3nc(-c4cccc5ccccc45)nc(-c4cccc5ccccc45)n3)ccc21. The molecule has 0 atom stereocenters. The summed E-state index contributed by atoms with van der Waals surface area (Å²) >= 11 is 0. The van der Waals surface area contributed by atoms with E-state index in [1.165, 1.54) is 55.3 Å². The van der Waals surface area contributed by atoms with Crippen LogP contribution in [0.25, 0.3) is 122 Å². The van der Waals surface area contributed by atoms with Crippen LogP contribution in [0.3, 0.4) is 0 Å². The summed E-state index contributed by atoms with van der Waals surface area (Å²) in [6.45, 7) is 0. The van der Waals surface area contributed by atoms with Gasteiger partial charge in [-0.05, 0) is 97.4 Å². The van der Waals surface area contributed by atoms with E-state index in [2.05, 4.69) is 221 Å². The van der Waals surface area contributed by atoms with Crippen LogP contribution in [0, 0.1) is 0 Å². The molecule has 3 aromatic heterocycles. The van der Waals surface area contributed by atoms with Crippen LogP contribution in [0.5, 0.6) is 0 Å². The highest BCUT2D eigenvalue weighted by Gasteiger charge is 2.24. The summed E-state index contributed by atoms with van der Waals surface area (Å²) in [5.74, 6) is 1.85. The van der Waals surface area contributed by atoms with Crippen LogP contribution in [-0.4, -0.2) is 24.1 Å². The molecule has 65 heavy (non-hydrogen) atoms. The zero-order chi connectivity index (χ0) is 42.6. The van der Waals surface area contributed by atoms with E-state index in [9.17, 15) is 0 Å². The monoisotopic (exact) mass is 827 g/mol. The number of para-hydroxylation sites is 2. The van der Waals surface area contributed by atoms with Gasteiger partial charge in [-0.2, -0.15) is 9.97 Å². The van der Waals surface area contributed by atoms with E-state index in [0.29, 0.717) is 17.6 Å². The molecule has 0 N–H and O–H groups in total. The van der Waals surface area contributed by atoms with E-state index < -0.39 is 0 Å². The van der Waals surface area contributed by atoms with E-state index in [0.717, 1.165) is 66.5 Å². The van der Waals surface area contributed by atoms with Gasteiger partial charge in [0.25, 0.3) is 0 Å². The molecule has 1 aliphatic rings. The summed E-state index contributed by atoms with van der Waals surface area (Å²) in [7, 11) is 0. The van der Waals surface area contributed by atoms with Gasteiger partial charge in [0.15, 0.2) is 11.6 Å². The summed E-state index contributed by atoms with van der Waals surface area (Å²) in [6, 6.07) is 76.4. The summed E-state index contributed by atoms with van der Waals surface area (Å²) < 4.78 is 4.69. The Hall–Kier alpha value is -8.67. The zero-order valence-electron chi connectivity index (χ0n) is 35.2. The fraction of sp³-hybridized carbons (Fsp3) is 0.0167. The predicted octanol–water partition coefficient (Wildman–Crippen LogP) is 14.9. The minimum Gasteiger partial charge on any atom is -0.309 e. The molecule has 302 valence electrons. The smallest absolute Gasteiger partial charge is 0.238 e. The molecule has 5 nitrogen and oxygen atoms in total. The first-order chi connectivity index (χ1) is 32.2. The van der Waals surface area contributed by atoms with Crippen molar-refractivity contribution in [1.82, 2.24) is 24.1 Å². The summed E-state index contributed by atoms with van der Waals surface area (Å²) in [5, 5.41) is 9.23. The van der Waals surface area contributed by atoms with Crippen molar-refractivity contribution in [3.63, 3.8) is 0 Å². The number of benzene rings is 10. The van der Waals surface area contributed by atoms with Crippen LogP contribution in [0.15, 0.2) is 212 Å². The molecule has 5 heteroatoms. The topological polar surface area (TPSA) is 48.5 Å². The van der Waals surface area contributed by atoms with E-state index >= 15 is 0 Å². The third-order valence-corrected chi connectivity index (χ3v) is 13.6. The highest BCUT2D eigenvalue weighted by atomic mass is 15.2. The Morgan fingerprint density at radius 2 is 0.785 bits per heavy atom. The van der Waals surface area contributed by atoms with Crippen molar-refractivity contribution in [3.8, 4) is 56.7 Å². The van der Waals surface area contributed by atoms with Gasteiger partial charge < -0.3 is 4.57 Å². The predicted molar refractivity (Wildman–Crippen MR) is 268 cm³/mol. The van der Waals surface area contributed by atoms with Gasteiger partial charge in [-0.25, -0.2) is 4.98 Å². The largest absolute Gasteiger partial charge is 0.309 e. The van der Waals surface area contributed by atoms with E-state index in [1.807, 2.05) is 0 Å². The second kappa shape index (κ2) is 13.9. The highest BCUT2D eigenvalue weighted by Crippen LogP contribution is 2.43. The van der Waals surface area contributed by atoms with Crippen molar-refractivity contribution in [2.24, 2.45) is 0 Å². The third-order valence-electron chi connectivity index (χ3n) is 13.6. The van der Waals surface area contributed by atoms with Crippen molar-refractivity contribution in [3.05, 3.63) is 223 Å². The van der Waals surface area contributed by atoms with Crippen molar-refractivity contribution < 1.29 is 0 Å². The lowest BCUT2D eigenvalue weighted by atomic mass is 10.0. The first kappa shape index (κ1) is 35.9. The van der Waals surface area contributed by atoms with E-state index in [4.69, 9.17) is 15.0 Å². The number of hydrogen-bond acceptors (Lipinski definition) is 3. The molecule has 1 aliphatic carbocycles. The summed E-state index contributed by atoms with van der Waals surface area (Å²) in [4.78, 5) is 15.9. The molecule has 0 unspecified atom stereocenters. The van der Waals surface area contributed by atoms with Crippen LogP contribution < -0.4 is 0 Å². The number of fused-ring (bicyclic) bond motifs is 11. The molecule has 14 rings (SSSR count). The maximum Gasteiger partial charge on any atom is 0.238 e. The van der Waals surface area contributed by atoms with Crippen molar-refractivity contribution in [2.75, 3.05) is 0 Å². The standard InChI is InChI=1S/C60H37N5/c1-4-19-42-37(14-1)17-11-25-48(42)58-61-59(49-26-12-18-38-15-2-5-20-43(38)49)63-60(62-58)65-54-28-10-8-23-47(54)52-35-40(31-33-57(52)65)39-30-32-56-51(34-39)46-22-7-9-27-53(46)64(56)55-29-13-24-45-44-21-6-3-16-41(44)36-50(45)55/h1-35H,36H2. The van der Waals surface area contributed by atoms with Crippen molar-refractivity contribution >= 4 is 65.2 Å².